The SMILES string of the molecule is C.CCCC[SiH2]OC. The maximum atomic E-state index is 4.98. The zero-order valence-corrected chi connectivity index (χ0v) is 6.65. The number of hydrogen-bond donors (Lipinski definition) is 0. The van der Waals surface area contributed by atoms with Gasteiger partial charge in [0.2, 0.25) is 0 Å². The van der Waals surface area contributed by atoms with Crippen molar-refractivity contribution in [3.63, 3.8) is 0 Å². The van der Waals surface area contributed by atoms with Gasteiger partial charge in [0.25, 0.3) is 0 Å². The Hall–Kier alpha value is 0.177. The second-order valence-corrected chi connectivity index (χ2v) is 3.39. The lowest BCUT2D eigenvalue weighted by Crippen LogP contribution is -1.90. The largest absolute Gasteiger partial charge is 0.427 e. The minimum absolute atomic E-state index is 0. The van der Waals surface area contributed by atoms with E-state index in [1.807, 2.05) is 7.11 Å². The first-order valence-electron chi connectivity index (χ1n) is 2.90. The fourth-order valence-corrected chi connectivity index (χ4v) is 1.49. The van der Waals surface area contributed by atoms with E-state index in [-0.39, 0.29) is 17.2 Å². The summed E-state index contributed by atoms with van der Waals surface area (Å²) >= 11 is 0. The van der Waals surface area contributed by atoms with Crippen LogP contribution in [0.5, 0.6) is 0 Å². The fraction of sp³-hybridized carbons (Fsp3) is 1.00. The van der Waals surface area contributed by atoms with Gasteiger partial charge in [0.1, 0.15) is 0 Å². The molecule has 0 N–H and O–H groups in total. The number of rotatable bonds is 4. The molecule has 0 aromatic heterocycles. The Morgan fingerprint density at radius 2 is 2.12 bits per heavy atom. The molecular weight excluding hydrogens is 116 g/mol. The van der Waals surface area contributed by atoms with E-state index in [1.165, 1.54) is 18.9 Å². The summed E-state index contributed by atoms with van der Waals surface area (Å²) < 4.78 is 4.98. The Kier molecular flexibility index (Phi) is 14.1. The average molecular weight is 134 g/mol. The van der Waals surface area contributed by atoms with E-state index < -0.39 is 0 Å². The van der Waals surface area contributed by atoms with Gasteiger partial charge < -0.3 is 4.43 Å². The molecule has 0 aliphatic heterocycles. The van der Waals surface area contributed by atoms with E-state index in [0.717, 1.165) is 0 Å². The molecule has 0 atom stereocenters. The Morgan fingerprint density at radius 3 is 2.50 bits per heavy atom. The van der Waals surface area contributed by atoms with Crippen LogP contribution in [0.3, 0.4) is 0 Å². The molecule has 0 aromatic rings. The van der Waals surface area contributed by atoms with Crippen molar-refractivity contribution in [3.8, 4) is 0 Å². The molecule has 0 radical (unpaired) electrons. The molecule has 1 nitrogen and oxygen atoms in total. The molecule has 0 bridgehead atoms. The van der Waals surface area contributed by atoms with E-state index in [9.17, 15) is 0 Å². The monoisotopic (exact) mass is 134 g/mol. The summed E-state index contributed by atoms with van der Waals surface area (Å²) in [6, 6.07) is 1.35. The van der Waals surface area contributed by atoms with Crippen molar-refractivity contribution < 1.29 is 4.43 Å². The summed E-state index contributed by atoms with van der Waals surface area (Å²) in [5, 5.41) is 0. The van der Waals surface area contributed by atoms with Gasteiger partial charge >= 0.3 is 0 Å². The van der Waals surface area contributed by atoms with Gasteiger partial charge in [0.15, 0.2) is 9.76 Å². The second-order valence-electron chi connectivity index (χ2n) is 1.70. The Balaban J connectivity index is 0. The highest BCUT2D eigenvalue weighted by Crippen LogP contribution is 1.91. The zero-order chi connectivity index (χ0) is 5.54. The van der Waals surface area contributed by atoms with Crippen molar-refractivity contribution in [1.29, 1.82) is 0 Å². The fourth-order valence-electron chi connectivity index (χ4n) is 0.496. The van der Waals surface area contributed by atoms with Crippen molar-refractivity contribution in [2.24, 2.45) is 0 Å². The molecule has 0 amide bonds. The van der Waals surface area contributed by atoms with Gasteiger partial charge in [-0.3, -0.25) is 0 Å². The third kappa shape index (κ3) is 9.49. The lowest BCUT2D eigenvalue weighted by Gasteiger charge is -1.91. The van der Waals surface area contributed by atoms with E-state index in [4.69, 9.17) is 4.43 Å². The van der Waals surface area contributed by atoms with E-state index >= 15 is 0 Å². The molecule has 0 saturated carbocycles. The van der Waals surface area contributed by atoms with Crippen LogP contribution in [-0.4, -0.2) is 16.9 Å². The highest BCUT2D eigenvalue weighted by atomic mass is 28.2. The van der Waals surface area contributed by atoms with E-state index in [2.05, 4.69) is 6.92 Å². The van der Waals surface area contributed by atoms with Crippen LogP contribution in [0.25, 0.3) is 0 Å². The Bertz CT molecular complexity index is 27.7. The summed E-state index contributed by atoms with van der Waals surface area (Å²) in [7, 11) is 1.72. The highest BCUT2D eigenvalue weighted by Gasteiger charge is 1.81. The molecule has 52 valence electrons. The first-order chi connectivity index (χ1) is 3.41. The summed E-state index contributed by atoms with van der Waals surface area (Å²) in [4.78, 5) is 0. The first kappa shape index (κ1) is 11.0. The first-order valence-corrected chi connectivity index (χ1v) is 4.48. The van der Waals surface area contributed by atoms with Gasteiger partial charge in [-0.2, -0.15) is 0 Å². The van der Waals surface area contributed by atoms with Crippen LogP contribution >= 0.6 is 0 Å². The van der Waals surface area contributed by atoms with Crippen LogP contribution in [0.15, 0.2) is 0 Å². The van der Waals surface area contributed by atoms with Crippen molar-refractivity contribution in [1.82, 2.24) is 0 Å². The van der Waals surface area contributed by atoms with Gasteiger partial charge in [-0.25, -0.2) is 0 Å². The van der Waals surface area contributed by atoms with Crippen LogP contribution in [0, 0.1) is 0 Å². The van der Waals surface area contributed by atoms with E-state index in [1.54, 1.807) is 0 Å². The summed E-state index contributed by atoms with van der Waals surface area (Å²) in [5.74, 6) is 0. The van der Waals surface area contributed by atoms with Gasteiger partial charge in [0.05, 0.1) is 0 Å². The number of unbranched alkanes of at least 4 members (excludes halogenated alkanes) is 1. The minimum atomic E-state index is -0.0893. The molecule has 0 spiro atoms. The normalized spacial score (nSPS) is 9.75. The molecule has 0 saturated heterocycles. The minimum Gasteiger partial charge on any atom is -0.427 e. The number of hydrogen-bond acceptors (Lipinski definition) is 1. The van der Waals surface area contributed by atoms with Crippen LogP contribution in [0.2, 0.25) is 6.04 Å². The van der Waals surface area contributed by atoms with Gasteiger partial charge in [0, 0.05) is 7.11 Å². The van der Waals surface area contributed by atoms with Gasteiger partial charge in [-0.1, -0.05) is 27.2 Å². The molecule has 0 aliphatic carbocycles. The van der Waals surface area contributed by atoms with Crippen LogP contribution in [0.4, 0.5) is 0 Å². The maximum absolute atomic E-state index is 4.98. The molecular formula is C6H18OSi. The molecule has 2 heteroatoms. The highest BCUT2D eigenvalue weighted by molar-refractivity contribution is 6.26. The maximum Gasteiger partial charge on any atom is 0.161 e. The molecule has 0 aliphatic rings. The lowest BCUT2D eigenvalue weighted by molar-refractivity contribution is 0.439. The topological polar surface area (TPSA) is 9.23 Å². The third-order valence-electron chi connectivity index (χ3n) is 0.952. The van der Waals surface area contributed by atoms with Crippen molar-refractivity contribution in [3.05, 3.63) is 0 Å². The second kappa shape index (κ2) is 10.2. The molecule has 0 aromatic carbocycles. The van der Waals surface area contributed by atoms with Gasteiger partial charge in [-0.15, -0.1) is 0 Å². The van der Waals surface area contributed by atoms with Crippen LogP contribution in [0.1, 0.15) is 27.2 Å². The molecule has 0 fully saturated rings. The summed E-state index contributed by atoms with van der Waals surface area (Å²) in [5.41, 5.74) is 0. The summed E-state index contributed by atoms with van der Waals surface area (Å²) in [6.45, 7) is 2.21. The molecule has 0 unspecified atom stereocenters. The van der Waals surface area contributed by atoms with Crippen molar-refractivity contribution >= 4 is 9.76 Å². The standard InChI is InChI=1S/C5H14OSi.CH4/c1-3-4-5-7-6-2;/h3-5,7H2,1-2H3;1H4. The van der Waals surface area contributed by atoms with Crippen molar-refractivity contribution in [2.45, 2.75) is 33.2 Å². The molecule has 0 heterocycles. The lowest BCUT2D eigenvalue weighted by atomic mass is 10.4. The third-order valence-corrected chi connectivity index (χ3v) is 2.15. The smallest absolute Gasteiger partial charge is 0.161 e. The quantitative estimate of drug-likeness (QED) is 0.419. The van der Waals surface area contributed by atoms with Crippen molar-refractivity contribution in [2.75, 3.05) is 7.11 Å². The Labute approximate surface area is 55.4 Å². The van der Waals surface area contributed by atoms with E-state index in [0.29, 0.717) is 0 Å². The zero-order valence-electron chi connectivity index (χ0n) is 5.24. The van der Waals surface area contributed by atoms with Crippen LogP contribution < -0.4 is 0 Å². The molecule has 0 rings (SSSR count). The summed E-state index contributed by atoms with van der Waals surface area (Å²) in [6.07, 6.45) is 2.68. The Morgan fingerprint density at radius 1 is 1.50 bits per heavy atom. The predicted molar refractivity (Wildman–Crippen MR) is 42.0 cm³/mol. The van der Waals surface area contributed by atoms with Crippen LogP contribution in [-0.2, 0) is 4.43 Å². The molecule has 8 heavy (non-hydrogen) atoms. The van der Waals surface area contributed by atoms with Gasteiger partial charge in [-0.05, 0) is 6.04 Å². The average Bonchev–Trinajstić information content (AvgIpc) is 1.69. The predicted octanol–water partition coefficient (Wildman–Crippen LogP) is 1.57.